The summed E-state index contributed by atoms with van der Waals surface area (Å²) >= 11 is 4.06. The Kier molecular flexibility index (Phi) is 6.56. The molecule has 0 aromatic heterocycles. The lowest BCUT2D eigenvalue weighted by Crippen LogP contribution is -1.89. The molecule has 0 unspecified atom stereocenters. The zero-order chi connectivity index (χ0) is 6.85. The van der Waals surface area contributed by atoms with Gasteiger partial charge in [0.15, 0.2) is 0 Å². The minimum atomic E-state index is 0. The van der Waals surface area contributed by atoms with Crippen molar-refractivity contribution in [2.45, 2.75) is 4.90 Å². The van der Waals surface area contributed by atoms with Crippen LogP contribution in [0.2, 0.25) is 0 Å². The normalized spacial score (nSPS) is 7.73. The molecule has 0 saturated heterocycles. The number of hydrogen-bond donors (Lipinski definition) is 3. The van der Waals surface area contributed by atoms with Gasteiger partial charge in [-0.25, -0.2) is 0 Å². The lowest BCUT2D eigenvalue weighted by Gasteiger charge is -1.97. The summed E-state index contributed by atoms with van der Waals surface area (Å²) in [4.78, 5) is 0.731. The van der Waals surface area contributed by atoms with Crippen molar-refractivity contribution in [2.75, 3.05) is 11.5 Å². The molecule has 0 aliphatic carbocycles. The molecule has 0 heterocycles. The highest BCUT2D eigenvalue weighted by Crippen LogP contribution is 2.18. The smallest absolute Gasteiger partial charge is 0.0451 e. The van der Waals surface area contributed by atoms with E-state index in [0.717, 1.165) is 4.90 Å². The van der Waals surface area contributed by atoms with Crippen molar-refractivity contribution in [3.8, 4) is 0 Å². The van der Waals surface area contributed by atoms with E-state index in [1.807, 2.05) is 0 Å². The number of rotatable bonds is 0. The highest BCUT2D eigenvalue weighted by Gasteiger charge is 1.91. The molecule has 0 amide bonds. The van der Waals surface area contributed by atoms with Crippen LogP contribution >= 0.6 is 37.4 Å². The number of benzene rings is 1. The van der Waals surface area contributed by atoms with Crippen molar-refractivity contribution in [3.05, 3.63) is 18.2 Å². The molecule has 1 aromatic carbocycles. The number of nitrogen functional groups attached to an aromatic ring is 2. The maximum absolute atomic E-state index is 5.46. The van der Waals surface area contributed by atoms with Gasteiger partial charge in [-0.3, -0.25) is 0 Å². The fourth-order valence-electron chi connectivity index (χ4n) is 0.561. The summed E-state index contributed by atoms with van der Waals surface area (Å²) in [5.41, 5.74) is 12.2. The third kappa shape index (κ3) is 3.60. The van der Waals surface area contributed by atoms with Gasteiger partial charge < -0.3 is 11.5 Å². The average Bonchev–Trinajstić information content (AvgIpc) is 1.80. The van der Waals surface area contributed by atoms with Gasteiger partial charge in [-0.2, -0.15) is 0 Å². The Morgan fingerprint density at radius 1 is 1.09 bits per heavy atom. The number of nitrogens with two attached hydrogens (primary N) is 2. The van der Waals surface area contributed by atoms with E-state index in [4.69, 9.17) is 11.5 Å². The summed E-state index contributed by atoms with van der Waals surface area (Å²) < 4.78 is 0. The van der Waals surface area contributed by atoms with Gasteiger partial charge >= 0.3 is 0 Å². The molecule has 4 N–H and O–H groups in total. The van der Waals surface area contributed by atoms with E-state index in [9.17, 15) is 0 Å². The zero-order valence-electron chi connectivity index (χ0n) is 5.65. The van der Waals surface area contributed by atoms with Crippen LogP contribution in [0.4, 0.5) is 11.4 Å². The molecule has 64 valence electrons. The van der Waals surface area contributed by atoms with Gasteiger partial charge in [0.25, 0.3) is 0 Å². The van der Waals surface area contributed by atoms with Crippen LogP contribution in [0.1, 0.15) is 0 Å². The van der Waals surface area contributed by atoms with E-state index in [0.29, 0.717) is 11.4 Å². The summed E-state index contributed by atoms with van der Waals surface area (Å²) in [6, 6.07) is 5.20. The van der Waals surface area contributed by atoms with E-state index >= 15 is 0 Å². The van der Waals surface area contributed by atoms with E-state index in [1.54, 1.807) is 18.2 Å². The fourth-order valence-corrected chi connectivity index (χ4v) is 0.784. The van der Waals surface area contributed by atoms with E-state index in [1.165, 1.54) is 0 Å². The number of hydrogen-bond acceptors (Lipinski definition) is 3. The topological polar surface area (TPSA) is 52.0 Å². The average molecular weight is 213 g/mol. The summed E-state index contributed by atoms with van der Waals surface area (Å²) in [6.07, 6.45) is 0. The van der Waals surface area contributed by atoms with Crippen LogP contribution < -0.4 is 11.5 Å². The molecule has 0 spiro atoms. The van der Waals surface area contributed by atoms with Crippen molar-refractivity contribution in [1.29, 1.82) is 0 Å². The van der Waals surface area contributed by atoms with Gasteiger partial charge in [0, 0.05) is 16.3 Å². The third-order valence-corrected chi connectivity index (χ3v) is 1.44. The van der Waals surface area contributed by atoms with Crippen molar-refractivity contribution in [3.63, 3.8) is 0 Å². The van der Waals surface area contributed by atoms with Crippen LogP contribution in [0.5, 0.6) is 0 Å². The van der Waals surface area contributed by atoms with E-state index < -0.39 is 0 Å². The Morgan fingerprint density at radius 3 is 2.00 bits per heavy atom. The van der Waals surface area contributed by atoms with Crippen LogP contribution in [0.3, 0.4) is 0 Å². The summed E-state index contributed by atoms with van der Waals surface area (Å²) in [5.74, 6) is 0. The van der Waals surface area contributed by atoms with Crippen LogP contribution in [0.15, 0.2) is 23.1 Å². The van der Waals surface area contributed by atoms with Gasteiger partial charge in [-0.15, -0.1) is 37.4 Å². The standard InChI is InChI=1S/C6H8N2S.2ClH/c7-4-1-2-5(8)6(9)3-4;;/h1-3,9H,7-8H2;2*1H. The lowest BCUT2D eigenvalue weighted by molar-refractivity contribution is 1.47. The van der Waals surface area contributed by atoms with Crippen LogP contribution in [0.25, 0.3) is 0 Å². The summed E-state index contributed by atoms with van der Waals surface area (Å²) in [7, 11) is 0. The maximum atomic E-state index is 5.46. The first-order valence-electron chi connectivity index (χ1n) is 2.54. The highest BCUT2D eigenvalue weighted by molar-refractivity contribution is 7.80. The number of halogens is 2. The predicted octanol–water partition coefficient (Wildman–Crippen LogP) is 1.98. The fraction of sp³-hybridized carbons (Fsp3) is 0. The van der Waals surface area contributed by atoms with Crippen LogP contribution in [-0.2, 0) is 0 Å². The molecule has 0 fully saturated rings. The Bertz CT molecular complexity index is 230. The minimum absolute atomic E-state index is 0. The summed E-state index contributed by atoms with van der Waals surface area (Å²) in [5, 5.41) is 0. The Balaban J connectivity index is 0. The zero-order valence-corrected chi connectivity index (χ0v) is 8.18. The van der Waals surface area contributed by atoms with E-state index in [-0.39, 0.29) is 24.8 Å². The molecular weight excluding hydrogens is 203 g/mol. The molecule has 0 aliphatic rings. The second-order valence-electron chi connectivity index (χ2n) is 1.82. The van der Waals surface area contributed by atoms with Crippen molar-refractivity contribution < 1.29 is 0 Å². The van der Waals surface area contributed by atoms with Crippen molar-refractivity contribution >= 4 is 48.8 Å². The van der Waals surface area contributed by atoms with Crippen LogP contribution in [0, 0.1) is 0 Å². The third-order valence-electron chi connectivity index (χ3n) is 1.05. The molecule has 0 saturated carbocycles. The molecule has 0 aliphatic heterocycles. The molecule has 11 heavy (non-hydrogen) atoms. The SMILES string of the molecule is Cl.Cl.Nc1ccc(N)c(S)c1. The van der Waals surface area contributed by atoms with E-state index in [2.05, 4.69) is 12.6 Å². The van der Waals surface area contributed by atoms with Crippen LogP contribution in [-0.4, -0.2) is 0 Å². The Hall–Kier alpha value is -0.250. The molecule has 2 nitrogen and oxygen atoms in total. The van der Waals surface area contributed by atoms with Gasteiger partial charge in [-0.1, -0.05) is 0 Å². The number of anilines is 2. The van der Waals surface area contributed by atoms with Gasteiger partial charge in [-0.05, 0) is 18.2 Å². The molecule has 1 rings (SSSR count). The molecular formula is C6H10Cl2N2S. The monoisotopic (exact) mass is 212 g/mol. The Morgan fingerprint density at radius 2 is 1.64 bits per heavy atom. The first kappa shape index (κ1) is 13.3. The van der Waals surface area contributed by atoms with Gasteiger partial charge in [0.2, 0.25) is 0 Å². The van der Waals surface area contributed by atoms with Crippen molar-refractivity contribution in [1.82, 2.24) is 0 Å². The highest BCUT2D eigenvalue weighted by atomic mass is 35.5. The largest absolute Gasteiger partial charge is 0.399 e. The second kappa shape index (κ2) is 5.41. The Labute approximate surface area is 83.6 Å². The summed E-state index contributed by atoms with van der Waals surface area (Å²) in [6.45, 7) is 0. The molecule has 5 heteroatoms. The maximum Gasteiger partial charge on any atom is 0.0451 e. The second-order valence-corrected chi connectivity index (χ2v) is 2.30. The lowest BCUT2D eigenvalue weighted by atomic mass is 10.3. The number of thiol groups is 1. The first-order chi connectivity index (χ1) is 4.20. The minimum Gasteiger partial charge on any atom is -0.399 e. The molecule has 1 aromatic rings. The predicted molar refractivity (Wildman–Crippen MR) is 57.0 cm³/mol. The first-order valence-corrected chi connectivity index (χ1v) is 2.99. The molecule has 0 atom stereocenters. The molecule has 0 bridgehead atoms. The van der Waals surface area contributed by atoms with Gasteiger partial charge in [0.1, 0.15) is 0 Å². The molecule has 0 radical (unpaired) electrons. The van der Waals surface area contributed by atoms with Crippen molar-refractivity contribution in [2.24, 2.45) is 0 Å². The quantitative estimate of drug-likeness (QED) is 0.456. The van der Waals surface area contributed by atoms with Gasteiger partial charge in [0.05, 0.1) is 0 Å².